The van der Waals surface area contributed by atoms with E-state index in [1.54, 1.807) is 18.1 Å². The first-order valence-electron chi connectivity index (χ1n) is 8.12. The molecule has 24 heavy (non-hydrogen) atoms. The van der Waals surface area contributed by atoms with Crippen LogP contribution >= 0.6 is 0 Å². The molecule has 0 bridgehead atoms. The third kappa shape index (κ3) is 3.45. The molecule has 0 spiro atoms. The zero-order valence-electron chi connectivity index (χ0n) is 14.3. The van der Waals surface area contributed by atoms with Gasteiger partial charge in [-0.2, -0.15) is 10.2 Å². The summed E-state index contributed by atoms with van der Waals surface area (Å²) in [4.78, 5) is 8.68. The molecule has 3 aromatic rings. The lowest BCUT2D eigenvalue weighted by atomic mass is 10.1. The lowest BCUT2D eigenvalue weighted by Gasteiger charge is -2.08. The Hall–Kier alpha value is -2.70. The number of ether oxygens (including phenoxy) is 1. The summed E-state index contributed by atoms with van der Waals surface area (Å²) in [6.45, 7) is 5.55. The minimum Gasteiger partial charge on any atom is -0.496 e. The smallest absolute Gasteiger partial charge is 0.172 e. The Morgan fingerprint density at radius 1 is 1.25 bits per heavy atom. The van der Waals surface area contributed by atoms with E-state index >= 15 is 0 Å². The topological polar surface area (TPSA) is 70.7 Å². The first-order valence-corrected chi connectivity index (χ1v) is 8.12. The molecule has 2 aromatic heterocycles. The van der Waals surface area contributed by atoms with E-state index in [1.807, 2.05) is 23.7 Å². The number of nitrogens with zero attached hydrogens (tertiary/aromatic N) is 6. The SMILES string of the molecule is CCCCn1nc(Cn2cncn2)nc1-c1ccc(C)c(OC)c1. The van der Waals surface area contributed by atoms with Gasteiger partial charge in [-0.25, -0.2) is 19.3 Å². The number of rotatable bonds is 7. The summed E-state index contributed by atoms with van der Waals surface area (Å²) in [7, 11) is 1.68. The molecule has 0 atom stereocenters. The fraction of sp³-hybridized carbons (Fsp3) is 0.412. The van der Waals surface area contributed by atoms with Gasteiger partial charge in [0.2, 0.25) is 0 Å². The van der Waals surface area contributed by atoms with Crippen LogP contribution < -0.4 is 4.74 Å². The lowest BCUT2D eigenvalue weighted by Crippen LogP contribution is -2.05. The second-order valence-electron chi connectivity index (χ2n) is 5.71. The maximum absolute atomic E-state index is 5.44. The highest BCUT2D eigenvalue weighted by Gasteiger charge is 2.14. The fourth-order valence-electron chi connectivity index (χ4n) is 2.55. The highest BCUT2D eigenvalue weighted by molar-refractivity contribution is 5.59. The average Bonchev–Trinajstić information content (AvgIpc) is 3.23. The van der Waals surface area contributed by atoms with Gasteiger partial charge in [0.05, 0.1) is 7.11 Å². The van der Waals surface area contributed by atoms with Crippen molar-refractivity contribution in [3.63, 3.8) is 0 Å². The van der Waals surface area contributed by atoms with Crippen LogP contribution in [0.5, 0.6) is 5.75 Å². The number of methoxy groups -OCH3 is 1. The third-order valence-corrected chi connectivity index (χ3v) is 3.88. The van der Waals surface area contributed by atoms with Crippen LogP contribution in [-0.2, 0) is 13.1 Å². The summed E-state index contributed by atoms with van der Waals surface area (Å²) in [5.41, 5.74) is 2.11. The predicted octanol–water partition coefficient (Wildman–Crippen LogP) is 2.70. The van der Waals surface area contributed by atoms with Crippen molar-refractivity contribution < 1.29 is 4.74 Å². The summed E-state index contributed by atoms with van der Waals surface area (Å²) in [6, 6.07) is 6.12. The molecule has 0 aliphatic carbocycles. The Balaban J connectivity index is 1.96. The Morgan fingerprint density at radius 2 is 2.12 bits per heavy atom. The fourth-order valence-corrected chi connectivity index (χ4v) is 2.55. The molecule has 0 N–H and O–H groups in total. The Morgan fingerprint density at radius 3 is 2.83 bits per heavy atom. The number of unbranched alkanes of at least 4 members (excludes halogenated alkanes) is 1. The van der Waals surface area contributed by atoms with E-state index in [0.717, 1.165) is 47.9 Å². The van der Waals surface area contributed by atoms with Gasteiger partial charge in [0.15, 0.2) is 11.6 Å². The summed E-state index contributed by atoms with van der Waals surface area (Å²) in [6.07, 6.45) is 5.35. The Labute approximate surface area is 141 Å². The quantitative estimate of drug-likeness (QED) is 0.667. The largest absolute Gasteiger partial charge is 0.496 e. The van der Waals surface area contributed by atoms with Crippen molar-refractivity contribution in [3.05, 3.63) is 42.2 Å². The molecule has 0 aliphatic heterocycles. The van der Waals surface area contributed by atoms with Gasteiger partial charge >= 0.3 is 0 Å². The van der Waals surface area contributed by atoms with Crippen LogP contribution in [0.25, 0.3) is 11.4 Å². The van der Waals surface area contributed by atoms with Gasteiger partial charge < -0.3 is 4.74 Å². The number of benzene rings is 1. The summed E-state index contributed by atoms with van der Waals surface area (Å²) in [5, 5.41) is 8.77. The van der Waals surface area contributed by atoms with Crippen molar-refractivity contribution >= 4 is 0 Å². The molecular weight excluding hydrogens is 304 g/mol. The first-order chi connectivity index (χ1) is 11.7. The molecular formula is C17H22N6O. The van der Waals surface area contributed by atoms with Crippen LogP contribution in [0.2, 0.25) is 0 Å². The second kappa shape index (κ2) is 7.25. The lowest BCUT2D eigenvalue weighted by molar-refractivity contribution is 0.412. The van der Waals surface area contributed by atoms with E-state index in [9.17, 15) is 0 Å². The molecule has 1 aromatic carbocycles. The van der Waals surface area contributed by atoms with Crippen molar-refractivity contribution in [1.82, 2.24) is 29.5 Å². The maximum Gasteiger partial charge on any atom is 0.172 e. The van der Waals surface area contributed by atoms with Crippen LogP contribution in [0.3, 0.4) is 0 Å². The highest BCUT2D eigenvalue weighted by atomic mass is 16.5. The summed E-state index contributed by atoms with van der Waals surface area (Å²) >= 11 is 0. The van der Waals surface area contributed by atoms with Gasteiger partial charge in [0.1, 0.15) is 24.9 Å². The molecule has 7 nitrogen and oxygen atoms in total. The molecule has 0 saturated heterocycles. The normalized spacial score (nSPS) is 11.0. The van der Waals surface area contributed by atoms with Gasteiger partial charge in [-0.1, -0.05) is 25.5 Å². The molecule has 7 heteroatoms. The molecule has 2 heterocycles. The summed E-state index contributed by atoms with van der Waals surface area (Å²) in [5.74, 6) is 2.44. The Kier molecular flexibility index (Phi) is 4.88. The molecule has 126 valence electrons. The van der Waals surface area contributed by atoms with E-state index in [-0.39, 0.29) is 0 Å². The van der Waals surface area contributed by atoms with Gasteiger partial charge in [-0.15, -0.1) is 0 Å². The molecule has 0 amide bonds. The van der Waals surface area contributed by atoms with Crippen LogP contribution in [-0.4, -0.2) is 36.6 Å². The van der Waals surface area contributed by atoms with Gasteiger partial charge in [0, 0.05) is 12.1 Å². The standard InChI is InChI=1S/C17H22N6O/c1-4-5-8-23-17(14-7-6-13(2)15(9-14)24-3)20-16(21-23)10-22-12-18-11-19-22/h6-7,9,11-12H,4-5,8,10H2,1-3H3. The minimum absolute atomic E-state index is 0.509. The van der Waals surface area contributed by atoms with Crippen LogP contribution in [0.1, 0.15) is 31.2 Å². The molecule has 0 aliphatic rings. The number of hydrogen-bond acceptors (Lipinski definition) is 5. The van der Waals surface area contributed by atoms with E-state index in [2.05, 4.69) is 28.2 Å². The molecule has 0 fully saturated rings. The Bertz CT molecular complexity index is 794. The highest BCUT2D eigenvalue weighted by Crippen LogP contribution is 2.26. The van der Waals surface area contributed by atoms with Crippen molar-refractivity contribution in [1.29, 1.82) is 0 Å². The molecule has 3 rings (SSSR count). The third-order valence-electron chi connectivity index (χ3n) is 3.88. The van der Waals surface area contributed by atoms with Gasteiger partial charge in [-0.05, 0) is 25.0 Å². The van der Waals surface area contributed by atoms with E-state index < -0.39 is 0 Å². The predicted molar refractivity (Wildman–Crippen MR) is 90.8 cm³/mol. The molecule has 0 radical (unpaired) electrons. The van der Waals surface area contributed by atoms with Crippen molar-refractivity contribution in [2.24, 2.45) is 0 Å². The van der Waals surface area contributed by atoms with E-state index in [4.69, 9.17) is 9.72 Å². The van der Waals surface area contributed by atoms with Crippen molar-refractivity contribution in [2.45, 2.75) is 39.8 Å². The van der Waals surface area contributed by atoms with Crippen LogP contribution in [0, 0.1) is 6.92 Å². The van der Waals surface area contributed by atoms with Crippen molar-refractivity contribution in [2.75, 3.05) is 7.11 Å². The number of aromatic nitrogens is 6. The zero-order valence-corrected chi connectivity index (χ0v) is 14.3. The first kappa shape index (κ1) is 16.2. The second-order valence-corrected chi connectivity index (χ2v) is 5.71. The molecule has 0 unspecified atom stereocenters. The zero-order chi connectivity index (χ0) is 16.9. The molecule has 0 saturated carbocycles. The monoisotopic (exact) mass is 326 g/mol. The van der Waals surface area contributed by atoms with E-state index in [1.165, 1.54) is 6.33 Å². The number of aryl methyl sites for hydroxylation is 2. The number of hydrogen-bond donors (Lipinski definition) is 0. The van der Waals surface area contributed by atoms with Gasteiger partial charge in [0.25, 0.3) is 0 Å². The van der Waals surface area contributed by atoms with Crippen LogP contribution in [0.4, 0.5) is 0 Å². The van der Waals surface area contributed by atoms with Crippen molar-refractivity contribution in [3.8, 4) is 17.1 Å². The van der Waals surface area contributed by atoms with E-state index in [0.29, 0.717) is 6.54 Å². The maximum atomic E-state index is 5.44. The van der Waals surface area contributed by atoms with Gasteiger partial charge in [-0.3, -0.25) is 0 Å². The van der Waals surface area contributed by atoms with Crippen LogP contribution in [0.15, 0.2) is 30.9 Å². The average molecular weight is 326 g/mol. The minimum atomic E-state index is 0.509. The summed E-state index contributed by atoms with van der Waals surface area (Å²) < 4.78 is 9.13.